The summed E-state index contributed by atoms with van der Waals surface area (Å²) in [6.45, 7) is 2.31. The van der Waals surface area contributed by atoms with E-state index in [1.54, 1.807) is 12.1 Å². The first-order valence-electron chi connectivity index (χ1n) is 9.71. The largest absolute Gasteiger partial charge is 0.343 e. The predicted molar refractivity (Wildman–Crippen MR) is 105 cm³/mol. The van der Waals surface area contributed by atoms with Crippen molar-refractivity contribution in [2.75, 3.05) is 13.1 Å². The number of amides is 1. The van der Waals surface area contributed by atoms with Crippen molar-refractivity contribution in [1.29, 1.82) is 0 Å². The first-order valence-corrected chi connectivity index (χ1v) is 9.71. The molecule has 140 valence electrons. The van der Waals surface area contributed by atoms with E-state index in [0.717, 1.165) is 48.4 Å². The molecule has 1 saturated heterocycles. The molecule has 4 rings (SSSR count). The molecule has 0 spiro atoms. The molecule has 2 aromatic carbocycles. The molecule has 2 heterocycles. The number of carbonyl (C=O) groups is 1. The van der Waals surface area contributed by atoms with Gasteiger partial charge in [-0.15, -0.1) is 0 Å². The molecule has 0 atom stereocenters. The van der Waals surface area contributed by atoms with E-state index >= 15 is 0 Å². The Balaban J connectivity index is 1.61. The summed E-state index contributed by atoms with van der Waals surface area (Å²) < 4.78 is 15.4. The van der Waals surface area contributed by atoms with Gasteiger partial charge in [0.2, 0.25) is 5.91 Å². The molecule has 0 bridgehead atoms. The molecule has 0 N–H and O–H groups in total. The Kier molecular flexibility index (Phi) is 5.19. The van der Waals surface area contributed by atoms with Gasteiger partial charge < -0.3 is 9.47 Å². The lowest BCUT2D eigenvalue weighted by atomic mass is 10.2. The van der Waals surface area contributed by atoms with E-state index in [1.807, 2.05) is 29.2 Å². The molecule has 1 fully saturated rings. The first kappa shape index (κ1) is 17.7. The van der Waals surface area contributed by atoms with E-state index in [0.29, 0.717) is 13.0 Å². The van der Waals surface area contributed by atoms with Gasteiger partial charge in [-0.1, -0.05) is 25.0 Å². The highest BCUT2D eigenvalue weighted by molar-refractivity contribution is 5.81. The minimum absolute atomic E-state index is 0.208. The minimum atomic E-state index is -0.266. The van der Waals surface area contributed by atoms with Crippen LogP contribution in [0.5, 0.6) is 0 Å². The number of imidazole rings is 1. The van der Waals surface area contributed by atoms with Crippen LogP contribution in [-0.4, -0.2) is 33.4 Å². The molecule has 5 heteroatoms. The van der Waals surface area contributed by atoms with E-state index in [2.05, 4.69) is 4.57 Å². The number of halogens is 1. The fraction of sp³-hybridized carbons (Fsp3) is 0.364. The van der Waals surface area contributed by atoms with Gasteiger partial charge in [-0.3, -0.25) is 4.79 Å². The van der Waals surface area contributed by atoms with Gasteiger partial charge in [0, 0.05) is 31.6 Å². The van der Waals surface area contributed by atoms with E-state index in [1.165, 1.54) is 25.0 Å². The van der Waals surface area contributed by atoms with Crippen LogP contribution in [0, 0.1) is 5.82 Å². The molecular formula is C22H24FN3O. The summed E-state index contributed by atoms with van der Waals surface area (Å²) in [6, 6.07) is 14.3. The van der Waals surface area contributed by atoms with Crippen LogP contribution >= 0.6 is 0 Å². The third kappa shape index (κ3) is 3.87. The summed E-state index contributed by atoms with van der Waals surface area (Å²) in [7, 11) is 0. The number of para-hydroxylation sites is 2. The van der Waals surface area contributed by atoms with Crippen molar-refractivity contribution in [1.82, 2.24) is 14.5 Å². The number of likely N-dealkylation sites (tertiary alicyclic amines) is 1. The Hall–Kier alpha value is -2.69. The van der Waals surface area contributed by atoms with Crippen molar-refractivity contribution >= 4 is 16.9 Å². The van der Waals surface area contributed by atoms with E-state index in [9.17, 15) is 9.18 Å². The third-order valence-corrected chi connectivity index (χ3v) is 5.27. The zero-order chi connectivity index (χ0) is 18.6. The molecular weight excluding hydrogens is 341 g/mol. The number of fused-ring (bicyclic) bond motifs is 1. The lowest BCUT2D eigenvalue weighted by molar-refractivity contribution is -0.131. The summed E-state index contributed by atoms with van der Waals surface area (Å²) in [5.41, 5.74) is 2.74. The van der Waals surface area contributed by atoms with Gasteiger partial charge in [0.1, 0.15) is 11.6 Å². The average Bonchev–Trinajstić information content (AvgIpc) is 2.86. The van der Waals surface area contributed by atoms with Gasteiger partial charge in [0.25, 0.3) is 0 Å². The monoisotopic (exact) mass is 365 g/mol. The Morgan fingerprint density at radius 3 is 2.41 bits per heavy atom. The van der Waals surface area contributed by atoms with Crippen LogP contribution in [0.3, 0.4) is 0 Å². The maximum Gasteiger partial charge on any atom is 0.224 e. The molecule has 0 radical (unpaired) electrons. The van der Waals surface area contributed by atoms with Gasteiger partial charge in [-0.05, 0) is 49.2 Å². The number of rotatable bonds is 4. The van der Waals surface area contributed by atoms with Gasteiger partial charge in [-0.2, -0.15) is 0 Å². The Morgan fingerprint density at radius 2 is 1.67 bits per heavy atom. The van der Waals surface area contributed by atoms with Crippen molar-refractivity contribution in [3.8, 4) is 11.4 Å². The van der Waals surface area contributed by atoms with Crippen molar-refractivity contribution in [3.63, 3.8) is 0 Å². The maximum atomic E-state index is 13.3. The van der Waals surface area contributed by atoms with Crippen molar-refractivity contribution in [3.05, 3.63) is 54.3 Å². The molecule has 1 amide bonds. The number of hydrogen-bond donors (Lipinski definition) is 0. The topological polar surface area (TPSA) is 38.1 Å². The summed E-state index contributed by atoms with van der Waals surface area (Å²) in [5.74, 6) is 0.720. The Bertz CT molecular complexity index is 924. The lowest BCUT2D eigenvalue weighted by Gasteiger charge is -2.20. The number of benzene rings is 2. The zero-order valence-corrected chi connectivity index (χ0v) is 15.4. The standard InChI is InChI=1S/C22H24FN3O/c23-18-11-9-17(10-12-18)22-24-19-7-3-4-8-20(19)26(22)16-13-21(27)25-14-5-1-2-6-15-25/h3-4,7-12H,1-2,5-6,13-16H2. The number of aromatic nitrogens is 2. The lowest BCUT2D eigenvalue weighted by Crippen LogP contribution is -2.32. The second-order valence-electron chi connectivity index (χ2n) is 7.13. The summed E-state index contributed by atoms with van der Waals surface area (Å²) in [6.07, 6.45) is 5.07. The maximum absolute atomic E-state index is 13.3. The molecule has 1 aromatic heterocycles. The second kappa shape index (κ2) is 7.91. The van der Waals surface area contributed by atoms with Gasteiger partial charge >= 0.3 is 0 Å². The minimum Gasteiger partial charge on any atom is -0.343 e. The van der Waals surface area contributed by atoms with Crippen LogP contribution < -0.4 is 0 Å². The molecule has 1 aliphatic heterocycles. The van der Waals surface area contributed by atoms with Gasteiger partial charge in [0.05, 0.1) is 11.0 Å². The van der Waals surface area contributed by atoms with E-state index < -0.39 is 0 Å². The summed E-state index contributed by atoms with van der Waals surface area (Å²) in [4.78, 5) is 19.5. The van der Waals surface area contributed by atoms with Gasteiger partial charge in [-0.25, -0.2) is 9.37 Å². The van der Waals surface area contributed by atoms with Crippen LogP contribution in [0.1, 0.15) is 32.1 Å². The van der Waals surface area contributed by atoms with E-state index in [4.69, 9.17) is 4.98 Å². The molecule has 1 aliphatic rings. The molecule has 3 aromatic rings. The summed E-state index contributed by atoms with van der Waals surface area (Å²) >= 11 is 0. The molecule has 0 saturated carbocycles. The second-order valence-corrected chi connectivity index (χ2v) is 7.13. The number of aryl methyl sites for hydroxylation is 1. The van der Waals surface area contributed by atoms with Crippen LogP contribution in [0.2, 0.25) is 0 Å². The first-order chi connectivity index (χ1) is 13.2. The van der Waals surface area contributed by atoms with Crippen LogP contribution in [0.15, 0.2) is 48.5 Å². The van der Waals surface area contributed by atoms with Crippen molar-refractivity contribution in [2.45, 2.75) is 38.6 Å². The van der Waals surface area contributed by atoms with Crippen molar-refractivity contribution in [2.24, 2.45) is 0 Å². The third-order valence-electron chi connectivity index (χ3n) is 5.27. The predicted octanol–water partition coefficient (Wildman–Crippen LogP) is 4.64. The smallest absolute Gasteiger partial charge is 0.224 e. The quantitative estimate of drug-likeness (QED) is 0.676. The average molecular weight is 365 g/mol. The van der Waals surface area contributed by atoms with Crippen LogP contribution in [-0.2, 0) is 11.3 Å². The SMILES string of the molecule is O=C(CCn1c(-c2ccc(F)cc2)nc2ccccc21)N1CCCCCC1. The van der Waals surface area contributed by atoms with E-state index in [-0.39, 0.29) is 11.7 Å². The van der Waals surface area contributed by atoms with Crippen LogP contribution in [0.25, 0.3) is 22.4 Å². The fourth-order valence-electron chi connectivity index (χ4n) is 3.81. The summed E-state index contributed by atoms with van der Waals surface area (Å²) in [5, 5.41) is 0. The molecule has 0 unspecified atom stereocenters. The Morgan fingerprint density at radius 1 is 0.963 bits per heavy atom. The molecule has 4 nitrogen and oxygen atoms in total. The fourth-order valence-corrected chi connectivity index (χ4v) is 3.81. The molecule has 27 heavy (non-hydrogen) atoms. The van der Waals surface area contributed by atoms with Crippen LogP contribution in [0.4, 0.5) is 4.39 Å². The Labute approximate surface area is 158 Å². The normalized spacial score (nSPS) is 15.1. The number of carbonyl (C=O) groups excluding carboxylic acids is 1. The van der Waals surface area contributed by atoms with Crippen molar-refractivity contribution < 1.29 is 9.18 Å². The highest BCUT2D eigenvalue weighted by Crippen LogP contribution is 2.25. The highest BCUT2D eigenvalue weighted by atomic mass is 19.1. The number of hydrogen-bond acceptors (Lipinski definition) is 2. The zero-order valence-electron chi connectivity index (χ0n) is 15.4. The highest BCUT2D eigenvalue weighted by Gasteiger charge is 2.18. The molecule has 0 aliphatic carbocycles. The number of nitrogens with zero attached hydrogens (tertiary/aromatic N) is 3. The van der Waals surface area contributed by atoms with Gasteiger partial charge in [0.15, 0.2) is 0 Å².